The van der Waals surface area contributed by atoms with Crippen molar-refractivity contribution in [2.75, 3.05) is 13.2 Å². The van der Waals surface area contributed by atoms with E-state index in [0.717, 1.165) is 29.7 Å². The predicted octanol–water partition coefficient (Wildman–Crippen LogP) is 5.13. The number of hydrogen-bond acceptors (Lipinski definition) is 5. The fourth-order valence-corrected chi connectivity index (χ4v) is 4.23. The van der Waals surface area contributed by atoms with Crippen LogP contribution < -0.4 is 4.74 Å². The molecule has 7 nitrogen and oxygen atoms in total. The van der Waals surface area contributed by atoms with Crippen LogP contribution in [0.1, 0.15) is 43.4 Å². The number of ether oxygens (including phenoxy) is 1. The van der Waals surface area contributed by atoms with Gasteiger partial charge in [0, 0.05) is 25.5 Å². The molecule has 0 aliphatic carbocycles. The van der Waals surface area contributed by atoms with E-state index in [2.05, 4.69) is 11.9 Å². The predicted molar refractivity (Wildman–Crippen MR) is 138 cm³/mol. The normalized spacial score (nSPS) is 15.8. The van der Waals surface area contributed by atoms with Gasteiger partial charge in [-0.1, -0.05) is 61.9 Å². The molecular formula is C29H31N3O4. The third-order valence-electron chi connectivity index (χ3n) is 6.13. The number of benzene rings is 2. The van der Waals surface area contributed by atoms with Gasteiger partial charge in [-0.15, -0.1) is 0 Å². The quantitative estimate of drug-likeness (QED) is 0.284. The molecule has 36 heavy (non-hydrogen) atoms. The van der Waals surface area contributed by atoms with Crippen LogP contribution in [0.25, 0.3) is 6.08 Å². The van der Waals surface area contributed by atoms with Gasteiger partial charge in [-0.05, 0) is 42.2 Å². The molecule has 0 radical (unpaired) electrons. The van der Waals surface area contributed by atoms with Crippen LogP contribution in [0.5, 0.6) is 5.75 Å². The van der Waals surface area contributed by atoms with Crippen molar-refractivity contribution in [2.24, 2.45) is 0 Å². The fourth-order valence-electron chi connectivity index (χ4n) is 4.23. The number of unbranched alkanes of at least 4 members (excludes halogenated alkanes) is 1. The number of nitrogens with zero attached hydrogens (tertiary/aromatic N) is 3. The Morgan fingerprint density at radius 2 is 1.86 bits per heavy atom. The lowest BCUT2D eigenvalue weighted by molar-refractivity contribution is -0.129. The molecule has 1 N–H and O–H groups in total. The molecule has 0 bridgehead atoms. The SMILES string of the molecule is CCCCOc1ccc(C2C(C(=O)/C=C/c3ccccc3)=C(O)C(=O)N2CCCn2ccnc2)cc1. The van der Waals surface area contributed by atoms with Gasteiger partial charge in [0.2, 0.25) is 0 Å². The summed E-state index contributed by atoms with van der Waals surface area (Å²) in [7, 11) is 0. The number of amides is 1. The number of aliphatic hydroxyl groups is 1. The summed E-state index contributed by atoms with van der Waals surface area (Å²) in [5, 5.41) is 10.8. The Morgan fingerprint density at radius 1 is 1.08 bits per heavy atom. The molecule has 0 fully saturated rings. The standard InChI is InChI=1S/C29H31N3O4/c1-2-3-20-36-24-13-11-23(12-14-24)27-26(25(33)15-10-22-8-5-4-6-9-22)28(34)29(35)32(27)18-7-17-31-19-16-30-21-31/h4-6,8-16,19,21,27,34H,2-3,7,17-18,20H2,1H3/b15-10+. The minimum Gasteiger partial charge on any atom is -0.503 e. The second-order valence-electron chi connectivity index (χ2n) is 8.70. The van der Waals surface area contributed by atoms with Crippen LogP contribution in [-0.4, -0.2) is 44.4 Å². The number of rotatable bonds is 12. The monoisotopic (exact) mass is 485 g/mol. The molecule has 0 saturated heterocycles. The Morgan fingerprint density at radius 3 is 2.56 bits per heavy atom. The van der Waals surface area contributed by atoms with Crippen molar-refractivity contribution < 1.29 is 19.4 Å². The van der Waals surface area contributed by atoms with E-state index in [9.17, 15) is 14.7 Å². The first-order valence-electron chi connectivity index (χ1n) is 12.3. The zero-order valence-corrected chi connectivity index (χ0v) is 20.4. The summed E-state index contributed by atoms with van der Waals surface area (Å²) in [6, 6.07) is 16.2. The summed E-state index contributed by atoms with van der Waals surface area (Å²) in [5.41, 5.74) is 1.70. The highest BCUT2D eigenvalue weighted by atomic mass is 16.5. The van der Waals surface area contributed by atoms with Gasteiger partial charge in [-0.2, -0.15) is 0 Å². The molecule has 1 atom stereocenters. The first kappa shape index (κ1) is 25.0. The Bertz CT molecular complexity index is 1220. The maximum atomic E-state index is 13.3. The first-order chi connectivity index (χ1) is 17.6. The Labute approximate surface area is 211 Å². The van der Waals surface area contributed by atoms with Crippen LogP contribution in [0.3, 0.4) is 0 Å². The summed E-state index contributed by atoms with van der Waals surface area (Å²) in [5.74, 6) is -0.692. The Kier molecular flexibility index (Phi) is 8.34. The molecular weight excluding hydrogens is 454 g/mol. The summed E-state index contributed by atoms with van der Waals surface area (Å²) in [4.78, 5) is 32.0. The first-order valence-corrected chi connectivity index (χ1v) is 12.3. The second kappa shape index (κ2) is 12.0. The topological polar surface area (TPSA) is 84.7 Å². The van der Waals surface area contributed by atoms with Crippen molar-refractivity contribution in [1.29, 1.82) is 0 Å². The zero-order chi connectivity index (χ0) is 25.3. The highest BCUT2D eigenvalue weighted by molar-refractivity contribution is 6.14. The van der Waals surface area contributed by atoms with E-state index in [-0.39, 0.29) is 5.57 Å². The number of allylic oxidation sites excluding steroid dienone is 1. The smallest absolute Gasteiger partial charge is 0.290 e. The van der Waals surface area contributed by atoms with Gasteiger partial charge in [0.25, 0.3) is 5.91 Å². The van der Waals surface area contributed by atoms with E-state index in [1.54, 1.807) is 23.5 Å². The van der Waals surface area contributed by atoms with E-state index in [1.165, 1.54) is 6.08 Å². The average molecular weight is 486 g/mol. The van der Waals surface area contributed by atoms with Crippen LogP contribution in [0.15, 0.2) is 90.7 Å². The van der Waals surface area contributed by atoms with Crippen molar-refractivity contribution in [3.05, 3.63) is 102 Å². The van der Waals surface area contributed by atoms with Crippen molar-refractivity contribution in [3.8, 4) is 5.75 Å². The van der Waals surface area contributed by atoms with Crippen LogP contribution in [-0.2, 0) is 16.1 Å². The van der Waals surface area contributed by atoms with Gasteiger partial charge in [-0.25, -0.2) is 4.98 Å². The number of imidazole rings is 1. The third-order valence-corrected chi connectivity index (χ3v) is 6.13. The molecule has 1 aromatic heterocycles. The minimum absolute atomic E-state index is 0.0921. The summed E-state index contributed by atoms with van der Waals surface area (Å²) in [6.07, 6.45) is 11.0. The number of carbonyl (C=O) groups excluding carboxylic acids is 2. The molecule has 1 unspecified atom stereocenters. The molecule has 1 aliphatic rings. The number of aliphatic hydroxyl groups excluding tert-OH is 1. The van der Waals surface area contributed by atoms with Gasteiger partial charge < -0.3 is 19.3 Å². The van der Waals surface area contributed by atoms with Crippen LogP contribution in [0.4, 0.5) is 0 Å². The zero-order valence-electron chi connectivity index (χ0n) is 20.4. The van der Waals surface area contributed by atoms with Crippen LogP contribution in [0, 0.1) is 0 Å². The largest absolute Gasteiger partial charge is 0.503 e. The fraction of sp³-hybridized carbons (Fsp3) is 0.276. The van der Waals surface area contributed by atoms with Crippen LogP contribution >= 0.6 is 0 Å². The molecule has 2 aromatic carbocycles. The third kappa shape index (κ3) is 5.92. The van der Waals surface area contributed by atoms with Crippen molar-refractivity contribution in [1.82, 2.24) is 14.5 Å². The lowest BCUT2D eigenvalue weighted by Crippen LogP contribution is -2.32. The minimum atomic E-state index is -0.682. The lowest BCUT2D eigenvalue weighted by Gasteiger charge is -2.27. The molecule has 7 heteroatoms. The number of aromatic nitrogens is 2. The molecule has 2 heterocycles. The van der Waals surface area contributed by atoms with Crippen molar-refractivity contribution >= 4 is 17.8 Å². The molecule has 0 saturated carbocycles. The van der Waals surface area contributed by atoms with Gasteiger partial charge in [0.1, 0.15) is 5.75 Å². The summed E-state index contributed by atoms with van der Waals surface area (Å²) < 4.78 is 7.70. The van der Waals surface area contributed by atoms with Gasteiger partial charge in [-0.3, -0.25) is 9.59 Å². The second-order valence-corrected chi connectivity index (χ2v) is 8.70. The Balaban J connectivity index is 1.59. The summed E-state index contributed by atoms with van der Waals surface area (Å²) in [6.45, 7) is 3.78. The molecule has 1 aliphatic heterocycles. The maximum Gasteiger partial charge on any atom is 0.290 e. The van der Waals surface area contributed by atoms with E-state index < -0.39 is 23.5 Å². The van der Waals surface area contributed by atoms with Crippen molar-refractivity contribution in [2.45, 2.75) is 38.8 Å². The highest BCUT2D eigenvalue weighted by Gasteiger charge is 2.42. The van der Waals surface area contributed by atoms with Gasteiger partial charge in [0.15, 0.2) is 11.5 Å². The highest BCUT2D eigenvalue weighted by Crippen LogP contribution is 2.38. The Hall–Kier alpha value is -4.13. The van der Waals surface area contributed by atoms with E-state index in [1.807, 2.05) is 65.4 Å². The average Bonchev–Trinajstić information content (AvgIpc) is 3.51. The van der Waals surface area contributed by atoms with Crippen LogP contribution in [0.2, 0.25) is 0 Å². The van der Waals surface area contributed by atoms with E-state index in [0.29, 0.717) is 26.1 Å². The molecule has 1 amide bonds. The van der Waals surface area contributed by atoms with Gasteiger partial charge in [0.05, 0.1) is 24.5 Å². The maximum absolute atomic E-state index is 13.3. The number of carbonyl (C=O) groups is 2. The number of aryl methyl sites for hydroxylation is 1. The number of hydrogen-bond donors (Lipinski definition) is 1. The van der Waals surface area contributed by atoms with Crippen molar-refractivity contribution in [3.63, 3.8) is 0 Å². The van der Waals surface area contributed by atoms with E-state index >= 15 is 0 Å². The lowest BCUT2D eigenvalue weighted by atomic mass is 9.95. The summed E-state index contributed by atoms with van der Waals surface area (Å²) >= 11 is 0. The van der Waals surface area contributed by atoms with E-state index in [4.69, 9.17) is 4.74 Å². The number of ketones is 1. The molecule has 186 valence electrons. The van der Waals surface area contributed by atoms with Gasteiger partial charge >= 0.3 is 0 Å². The molecule has 0 spiro atoms. The molecule has 4 rings (SSSR count). The molecule has 3 aromatic rings.